The Hall–Kier alpha value is -8.88. The third kappa shape index (κ3) is 19.3. The predicted molar refractivity (Wildman–Crippen MR) is 406 cm³/mol. The Bertz CT molecular complexity index is 4020. The van der Waals surface area contributed by atoms with Crippen molar-refractivity contribution >= 4 is 33.4 Å². The van der Waals surface area contributed by atoms with Crippen molar-refractivity contribution in [3.8, 4) is 23.0 Å². The molecule has 9 aromatic carbocycles. The van der Waals surface area contributed by atoms with Gasteiger partial charge < -0.3 is 45.2 Å². The molecule has 2 saturated carbocycles. The molecule has 100 heavy (non-hydrogen) atoms. The van der Waals surface area contributed by atoms with Gasteiger partial charge in [-0.15, -0.1) is 0 Å². The number of fused-ring (bicyclic) bond motifs is 1. The fourth-order valence-corrected chi connectivity index (χ4v) is 14.7. The monoisotopic (exact) mass is 1340 g/mol. The van der Waals surface area contributed by atoms with Crippen LogP contribution in [0.15, 0.2) is 237 Å². The molecule has 2 aliphatic carbocycles. The zero-order valence-electron chi connectivity index (χ0n) is 58.0. The normalized spacial score (nSPS) is 18.0. The van der Waals surface area contributed by atoms with Crippen LogP contribution in [-0.4, -0.2) is 130 Å². The van der Waals surface area contributed by atoms with Crippen LogP contribution in [0.4, 0.5) is 0 Å². The van der Waals surface area contributed by atoms with E-state index in [2.05, 4.69) is 144 Å². The summed E-state index contributed by atoms with van der Waals surface area (Å²) in [6, 6.07) is 80.7. The highest BCUT2D eigenvalue weighted by atomic mass is 16.5. The van der Waals surface area contributed by atoms with E-state index in [4.69, 9.17) is 9.47 Å². The van der Waals surface area contributed by atoms with Crippen LogP contribution >= 0.6 is 0 Å². The van der Waals surface area contributed by atoms with Crippen molar-refractivity contribution in [2.75, 3.05) is 72.4 Å². The molecule has 4 aliphatic rings. The molecule has 520 valence electrons. The lowest BCUT2D eigenvalue weighted by atomic mass is 9.79. The van der Waals surface area contributed by atoms with Gasteiger partial charge in [0.25, 0.3) is 0 Å². The number of aryl methyl sites for hydroxylation is 1. The summed E-state index contributed by atoms with van der Waals surface area (Å²) >= 11 is 0. The van der Waals surface area contributed by atoms with E-state index in [0.717, 1.165) is 144 Å². The SMILES string of the molecule is Cc1ccc(/C(=C(\CCCO)c2ccccc2)c2ccc(C3CCC3)cc2)cc1.OCCC/C(=C(\c1ccc(O)cc1)c1ccc(OCCN2CCC[C@@H]2CO)cc1)c1ccccc1.OCCC/C(=C(\c1ccc(O)cc1)c1ccc(OCCN2C[C@H]3C[C@H]3[C@H]2CO)cc1)c1ccccc1. The average molecular weight is 1340 g/mol. The van der Waals surface area contributed by atoms with Crippen LogP contribution < -0.4 is 9.47 Å². The summed E-state index contributed by atoms with van der Waals surface area (Å²) in [4.78, 5) is 4.67. The van der Waals surface area contributed by atoms with Crippen molar-refractivity contribution in [2.45, 2.75) is 102 Å². The molecule has 0 radical (unpaired) electrons. The second-order valence-corrected chi connectivity index (χ2v) is 27.0. The van der Waals surface area contributed by atoms with E-state index < -0.39 is 0 Å². The van der Waals surface area contributed by atoms with Crippen LogP contribution in [0.3, 0.4) is 0 Å². The Labute approximate surface area is 592 Å². The van der Waals surface area contributed by atoms with Crippen molar-refractivity contribution in [2.24, 2.45) is 11.8 Å². The Balaban J connectivity index is 0.000000152. The van der Waals surface area contributed by atoms with Gasteiger partial charge in [-0.3, -0.25) is 9.80 Å². The van der Waals surface area contributed by atoms with Gasteiger partial charge in [0.15, 0.2) is 0 Å². The molecule has 0 unspecified atom stereocenters. The van der Waals surface area contributed by atoms with Crippen molar-refractivity contribution in [1.29, 1.82) is 0 Å². The number of aliphatic hydroxyl groups excluding tert-OH is 5. The third-order valence-electron chi connectivity index (χ3n) is 20.3. The molecule has 2 saturated heterocycles. The Morgan fingerprint density at radius 2 is 0.780 bits per heavy atom. The van der Waals surface area contributed by atoms with Gasteiger partial charge in [-0.05, 0) is 239 Å². The van der Waals surface area contributed by atoms with Crippen LogP contribution in [0, 0.1) is 18.8 Å². The zero-order valence-corrected chi connectivity index (χ0v) is 58.0. The lowest BCUT2D eigenvalue weighted by molar-refractivity contribution is 0.120. The maximum atomic E-state index is 9.87. The summed E-state index contributed by atoms with van der Waals surface area (Å²) < 4.78 is 12.1. The Kier molecular flexibility index (Phi) is 26.8. The largest absolute Gasteiger partial charge is 0.508 e. The Morgan fingerprint density at radius 1 is 0.400 bits per heavy atom. The molecule has 9 aromatic rings. The van der Waals surface area contributed by atoms with Crippen molar-refractivity contribution in [3.05, 3.63) is 298 Å². The number of likely N-dealkylation sites (tertiary alicyclic amines) is 2. The minimum Gasteiger partial charge on any atom is -0.508 e. The van der Waals surface area contributed by atoms with E-state index in [1.165, 1.54) is 64.6 Å². The molecule has 2 aliphatic heterocycles. The van der Waals surface area contributed by atoms with Gasteiger partial charge in [-0.25, -0.2) is 0 Å². The van der Waals surface area contributed by atoms with E-state index in [9.17, 15) is 35.7 Å². The molecule has 7 N–H and O–H groups in total. The van der Waals surface area contributed by atoms with Crippen LogP contribution in [0.5, 0.6) is 23.0 Å². The van der Waals surface area contributed by atoms with Crippen LogP contribution in [-0.2, 0) is 0 Å². The maximum Gasteiger partial charge on any atom is 0.119 e. The van der Waals surface area contributed by atoms with Gasteiger partial charge in [0.05, 0.1) is 13.2 Å². The van der Waals surface area contributed by atoms with E-state index >= 15 is 0 Å². The summed E-state index contributed by atoms with van der Waals surface area (Å²) in [7, 11) is 0. The third-order valence-corrected chi connectivity index (χ3v) is 20.3. The molecule has 0 aromatic heterocycles. The highest BCUT2D eigenvalue weighted by Crippen LogP contribution is 2.49. The molecule has 4 atom stereocenters. The van der Waals surface area contributed by atoms with Gasteiger partial charge in [0, 0.05) is 51.5 Å². The first-order valence-corrected chi connectivity index (χ1v) is 36.2. The molecule has 11 heteroatoms. The summed E-state index contributed by atoms with van der Waals surface area (Å²) in [6.07, 6.45) is 11.9. The number of aliphatic hydroxyl groups is 5. The first-order valence-electron chi connectivity index (χ1n) is 36.2. The second-order valence-electron chi connectivity index (χ2n) is 27.0. The van der Waals surface area contributed by atoms with E-state index in [0.29, 0.717) is 38.0 Å². The smallest absolute Gasteiger partial charge is 0.119 e. The van der Waals surface area contributed by atoms with Gasteiger partial charge in [0.2, 0.25) is 0 Å². The predicted octanol–water partition coefficient (Wildman–Crippen LogP) is 16.8. The molecular weight excluding hydrogens is 1240 g/mol. The molecular formula is C89H100N2O9. The number of phenols is 2. The van der Waals surface area contributed by atoms with Gasteiger partial charge in [0.1, 0.15) is 36.2 Å². The zero-order chi connectivity index (χ0) is 69.4. The maximum absolute atomic E-state index is 9.87. The average Bonchev–Trinajstić information content (AvgIpc) is 1.05. The van der Waals surface area contributed by atoms with Crippen LogP contribution in [0.25, 0.3) is 33.4 Å². The van der Waals surface area contributed by atoms with Crippen molar-refractivity contribution in [1.82, 2.24) is 9.80 Å². The van der Waals surface area contributed by atoms with Gasteiger partial charge in [-0.2, -0.15) is 0 Å². The summed E-state index contributed by atoms with van der Waals surface area (Å²) in [5, 5.41) is 67.6. The first kappa shape index (κ1) is 72.4. The number of nitrogens with zero attached hydrogens (tertiary/aromatic N) is 2. The topological polar surface area (TPSA) is 167 Å². The van der Waals surface area contributed by atoms with E-state index in [-0.39, 0.29) is 50.6 Å². The fraction of sp³-hybridized carbons (Fsp3) is 0.326. The molecule has 0 bridgehead atoms. The molecule has 4 fully saturated rings. The van der Waals surface area contributed by atoms with Crippen LogP contribution in [0.1, 0.15) is 144 Å². The fourth-order valence-electron chi connectivity index (χ4n) is 14.7. The molecule has 0 spiro atoms. The molecule has 2 heterocycles. The van der Waals surface area contributed by atoms with Gasteiger partial charge in [-0.1, -0.05) is 200 Å². The summed E-state index contributed by atoms with van der Waals surface area (Å²) in [6.45, 7) is 7.96. The van der Waals surface area contributed by atoms with E-state index in [1.807, 2.05) is 84.9 Å². The number of phenolic OH excluding ortho intramolecular Hbond substituents is 2. The number of ether oxygens (including phenoxy) is 2. The minimum atomic E-state index is 0.125. The number of rotatable bonds is 29. The van der Waals surface area contributed by atoms with Gasteiger partial charge >= 0.3 is 0 Å². The molecule has 11 nitrogen and oxygen atoms in total. The van der Waals surface area contributed by atoms with Crippen molar-refractivity contribution < 1.29 is 45.2 Å². The summed E-state index contributed by atoms with van der Waals surface area (Å²) in [5.41, 5.74) is 19.9. The highest BCUT2D eigenvalue weighted by Gasteiger charge is 2.51. The second kappa shape index (κ2) is 37.0. The molecule has 0 amide bonds. The lowest BCUT2D eigenvalue weighted by Gasteiger charge is -2.26. The number of aromatic hydroxyl groups is 2. The highest BCUT2D eigenvalue weighted by molar-refractivity contribution is 6.01. The number of benzene rings is 9. The first-order chi connectivity index (χ1) is 49.1. The Morgan fingerprint density at radius 3 is 1.15 bits per heavy atom. The van der Waals surface area contributed by atoms with Crippen LogP contribution in [0.2, 0.25) is 0 Å². The number of piperidine rings is 1. The quantitative estimate of drug-likeness (QED) is 0.0223. The number of hydrogen-bond donors (Lipinski definition) is 7. The molecule has 13 rings (SSSR count). The minimum absolute atomic E-state index is 0.125. The summed E-state index contributed by atoms with van der Waals surface area (Å²) in [5.74, 6) is 4.31. The number of hydrogen-bond acceptors (Lipinski definition) is 11. The van der Waals surface area contributed by atoms with Crippen molar-refractivity contribution in [3.63, 3.8) is 0 Å². The van der Waals surface area contributed by atoms with E-state index in [1.54, 1.807) is 24.3 Å². The number of allylic oxidation sites excluding steroid dienone is 3. The lowest BCUT2D eigenvalue weighted by Crippen LogP contribution is -2.38. The standard InChI is InChI=1S/C31H35NO4.C30H35NO4.C28H30O/c33-17-4-7-28(22-5-2-1-3-6-22)31(23-8-12-26(35)13-9-23)24-10-14-27(15-11-24)36-18-16-32-20-25-19-29(25)30(32)21-34;32-20-5-9-29(23-6-2-1-3-7-23)30(24-10-14-27(34)15-11-24)25-12-16-28(17-13-25)35-21-19-31-18-4-8-26(31)22-33;1-21-12-14-25(15-13-21)28(26-18-16-23(17-19-26)22-9-5-10-22)27(11-6-20-29)24-7-3-2-4-8-24/h1-3,5-6,8-15,25,29-30,33-35H,4,7,16-21H2;1-3,6-7,10-17,26,32-34H,4-5,8-9,18-22H2;2-4,7-8,12-19,22,29H,5-6,9-11,20H2,1H3/b31-28-;30-29-;28-27-/t25-,29-,30-;26-;/m11./s1.